The zero-order chi connectivity index (χ0) is 28.4. The summed E-state index contributed by atoms with van der Waals surface area (Å²) in [6.07, 6.45) is 9.11. The first kappa shape index (κ1) is 30.7. The summed E-state index contributed by atoms with van der Waals surface area (Å²) >= 11 is 0. The lowest BCUT2D eigenvalue weighted by molar-refractivity contribution is 0.103. The molecule has 39 heavy (non-hydrogen) atoms. The number of nitrogens with zero attached hydrogens (tertiary/aromatic N) is 2. The van der Waals surface area contributed by atoms with E-state index >= 15 is 0 Å². The first-order chi connectivity index (χ1) is 18.7. The van der Waals surface area contributed by atoms with Gasteiger partial charge in [-0.15, -0.1) is 0 Å². The van der Waals surface area contributed by atoms with Gasteiger partial charge < -0.3 is 14.1 Å². The van der Waals surface area contributed by atoms with E-state index in [1.54, 1.807) is 30.3 Å². The molecule has 0 aliphatic heterocycles. The van der Waals surface area contributed by atoms with Gasteiger partial charge in [0, 0.05) is 23.5 Å². The molecule has 1 unspecified atom stereocenters. The van der Waals surface area contributed by atoms with E-state index in [-0.39, 0.29) is 11.8 Å². The first-order valence-corrected chi connectivity index (χ1v) is 16.0. The third-order valence-electron chi connectivity index (χ3n) is 7.06. The Balaban J connectivity index is 1.68. The number of carbonyl (C=O) groups is 1. The van der Waals surface area contributed by atoms with Crippen LogP contribution in [0.1, 0.15) is 82.1 Å². The molecule has 7 nitrogen and oxygen atoms in total. The molecule has 0 saturated carbocycles. The van der Waals surface area contributed by atoms with Crippen molar-refractivity contribution in [2.75, 3.05) is 36.8 Å². The second-order valence-corrected chi connectivity index (χ2v) is 12.1. The van der Waals surface area contributed by atoms with Crippen molar-refractivity contribution >= 4 is 32.5 Å². The van der Waals surface area contributed by atoms with Crippen molar-refractivity contribution in [1.82, 2.24) is 4.90 Å². The normalized spacial score (nSPS) is 12.7. The monoisotopic (exact) mass is 556 g/mol. The van der Waals surface area contributed by atoms with Crippen molar-refractivity contribution in [2.45, 2.75) is 72.3 Å². The highest BCUT2D eigenvalue weighted by Crippen LogP contribution is 2.31. The average Bonchev–Trinajstić information content (AvgIpc) is 3.34. The number of fused-ring (bicyclic) bond motifs is 1. The zero-order valence-electron chi connectivity index (χ0n) is 24.1. The van der Waals surface area contributed by atoms with Crippen LogP contribution in [-0.4, -0.2) is 57.6 Å². The molecule has 0 bridgehead atoms. The molecule has 1 atom stereocenters. The van der Waals surface area contributed by atoms with Crippen molar-refractivity contribution in [3.05, 3.63) is 59.9 Å². The highest BCUT2D eigenvalue weighted by Gasteiger charge is 2.24. The number of rotatable bonds is 17. The van der Waals surface area contributed by atoms with E-state index < -0.39 is 10.0 Å². The van der Waals surface area contributed by atoms with Crippen LogP contribution < -0.4 is 9.04 Å². The van der Waals surface area contributed by atoms with Gasteiger partial charge in [-0.1, -0.05) is 33.6 Å². The molecule has 0 spiro atoms. The minimum Gasteiger partial charge on any atom is -0.494 e. The van der Waals surface area contributed by atoms with Gasteiger partial charge in [-0.25, -0.2) is 8.42 Å². The maximum absolute atomic E-state index is 13.4. The van der Waals surface area contributed by atoms with Crippen LogP contribution >= 0.6 is 0 Å². The van der Waals surface area contributed by atoms with Gasteiger partial charge in [-0.2, -0.15) is 0 Å². The first-order valence-electron chi connectivity index (χ1n) is 14.2. The fourth-order valence-corrected chi connectivity index (χ4v) is 6.00. The van der Waals surface area contributed by atoms with E-state index in [0.717, 1.165) is 31.8 Å². The van der Waals surface area contributed by atoms with Gasteiger partial charge in [0.2, 0.25) is 10.0 Å². The van der Waals surface area contributed by atoms with Gasteiger partial charge in [0.15, 0.2) is 5.78 Å². The van der Waals surface area contributed by atoms with Crippen molar-refractivity contribution in [3.8, 4) is 5.75 Å². The minimum atomic E-state index is -3.49. The lowest BCUT2D eigenvalue weighted by atomic mass is 10.0. The van der Waals surface area contributed by atoms with Crippen molar-refractivity contribution < 1.29 is 22.4 Å². The number of hydrogen-bond acceptors (Lipinski definition) is 6. The number of benzene rings is 2. The minimum absolute atomic E-state index is 0.186. The largest absolute Gasteiger partial charge is 0.494 e. The van der Waals surface area contributed by atoms with E-state index in [9.17, 15) is 13.2 Å². The highest BCUT2D eigenvalue weighted by atomic mass is 32.2. The molecule has 0 N–H and O–H groups in total. The Morgan fingerprint density at radius 2 is 1.59 bits per heavy atom. The Morgan fingerprint density at radius 1 is 0.949 bits per heavy atom. The van der Waals surface area contributed by atoms with E-state index in [1.165, 1.54) is 42.5 Å². The summed E-state index contributed by atoms with van der Waals surface area (Å²) in [5, 5.41) is 0.588. The van der Waals surface area contributed by atoms with Crippen LogP contribution in [0.3, 0.4) is 0 Å². The van der Waals surface area contributed by atoms with E-state index in [1.807, 2.05) is 26.0 Å². The van der Waals surface area contributed by atoms with Gasteiger partial charge in [-0.05, 0) is 88.2 Å². The van der Waals surface area contributed by atoms with Crippen LogP contribution in [0.4, 0.5) is 5.69 Å². The lowest BCUT2D eigenvalue weighted by Gasteiger charge is -2.28. The van der Waals surface area contributed by atoms with E-state index in [0.29, 0.717) is 40.8 Å². The number of unbranched alkanes of at least 4 members (excludes halogenated alkanes) is 2. The fourth-order valence-electron chi connectivity index (χ4n) is 4.70. The van der Waals surface area contributed by atoms with Crippen LogP contribution in [0.5, 0.6) is 5.75 Å². The molecular weight excluding hydrogens is 512 g/mol. The van der Waals surface area contributed by atoms with Crippen LogP contribution in [0, 0.1) is 0 Å². The van der Waals surface area contributed by atoms with Crippen LogP contribution in [-0.2, 0) is 10.0 Å². The molecule has 0 amide bonds. The van der Waals surface area contributed by atoms with Crippen molar-refractivity contribution in [3.63, 3.8) is 0 Å². The Morgan fingerprint density at radius 3 is 2.18 bits per heavy atom. The number of anilines is 1. The van der Waals surface area contributed by atoms with E-state index in [2.05, 4.69) is 18.7 Å². The topological polar surface area (TPSA) is 80.1 Å². The molecule has 3 rings (SSSR count). The highest BCUT2D eigenvalue weighted by molar-refractivity contribution is 7.92. The number of hydrogen-bond donors (Lipinski definition) is 0. The smallest absolute Gasteiger partial charge is 0.232 e. The van der Waals surface area contributed by atoms with Gasteiger partial charge in [0.05, 0.1) is 24.1 Å². The zero-order valence-corrected chi connectivity index (χ0v) is 24.9. The summed E-state index contributed by atoms with van der Waals surface area (Å²) < 4.78 is 38.0. The van der Waals surface area contributed by atoms with Crippen LogP contribution in [0.15, 0.2) is 53.1 Å². The van der Waals surface area contributed by atoms with E-state index in [4.69, 9.17) is 9.15 Å². The van der Waals surface area contributed by atoms with Crippen molar-refractivity contribution in [1.29, 1.82) is 0 Å². The molecular formula is C31H44N2O5S. The Hall–Kier alpha value is -2.84. The predicted molar refractivity (Wildman–Crippen MR) is 160 cm³/mol. The SMILES string of the molecule is CCCCN(CCCC)CCCOc1ccc(C(=O)c2coc3ccc(N(C(C)CC)S(C)(=O)=O)cc23)cc1. The Bertz CT molecular complexity index is 1290. The molecule has 0 aliphatic carbocycles. The summed E-state index contributed by atoms with van der Waals surface area (Å²) in [4.78, 5) is 15.9. The summed E-state index contributed by atoms with van der Waals surface area (Å²) in [6, 6.07) is 12.1. The number of carbonyl (C=O) groups excluding carboxylic acids is 1. The quantitative estimate of drug-likeness (QED) is 0.133. The summed E-state index contributed by atoms with van der Waals surface area (Å²) in [6.45, 7) is 12.2. The molecule has 3 aromatic rings. The van der Waals surface area contributed by atoms with Gasteiger partial charge in [0.25, 0.3) is 0 Å². The second kappa shape index (κ2) is 14.5. The fraction of sp³-hybridized carbons (Fsp3) is 0.516. The predicted octanol–water partition coefficient (Wildman–Crippen LogP) is 6.90. The molecule has 1 aromatic heterocycles. The number of furan rings is 1. The Kier molecular flexibility index (Phi) is 11.4. The second-order valence-electron chi connectivity index (χ2n) is 10.3. The molecule has 0 saturated heterocycles. The van der Waals surface area contributed by atoms with Gasteiger partial charge in [-0.3, -0.25) is 9.10 Å². The maximum atomic E-state index is 13.4. The number of ether oxygens (including phenoxy) is 1. The van der Waals surface area contributed by atoms with Crippen LogP contribution in [0.2, 0.25) is 0 Å². The third-order valence-corrected chi connectivity index (χ3v) is 8.35. The van der Waals surface area contributed by atoms with Crippen molar-refractivity contribution in [2.24, 2.45) is 0 Å². The number of sulfonamides is 1. The summed E-state index contributed by atoms with van der Waals surface area (Å²) in [5.74, 6) is 0.547. The van der Waals surface area contributed by atoms with Gasteiger partial charge >= 0.3 is 0 Å². The maximum Gasteiger partial charge on any atom is 0.232 e. The molecule has 0 aliphatic rings. The third kappa shape index (κ3) is 8.32. The molecule has 0 fully saturated rings. The van der Waals surface area contributed by atoms with Gasteiger partial charge in [0.1, 0.15) is 17.6 Å². The molecule has 214 valence electrons. The Labute approximate surface area is 234 Å². The standard InChI is InChI=1S/C31H44N2O5S/c1-6-9-18-32(19-10-7-2)20-11-21-37-27-15-12-25(13-16-27)31(34)29-23-38-30-17-14-26(22-28(29)30)33(24(4)8-3)39(5,35)36/h12-17,22-24H,6-11,18-21H2,1-5H3. The summed E-state index contributed by atoms with van der Waals surface area (Å²) in [5.41, 5.74) is 1.97. The summed E-state index contributed by atoms with van der Waals surface area (Å²) in [7, 11) is -3.49. The molecule has 0 radical (unpaired) electrons. The number of ketones is 1. The molecule has 8 heteroatoms. The molecule has 1 heterocycles. The molecule has 2 aromatic carbocycles. The van der Waals surface area contributed by atoms with Crippen LogP contribution in [0.25, 0.3) is 11.0 Å². The average molecular weight is 557 g/mol. The lowest BCUT2D eigenvalue weighted by Crippen LogP contribution is -2.37.